The van der Waals surface area contributed by atoms with Gasteiger partial charge in [-0.25, -0.2) is 0 Å². The summed E-state index contributed by atoms with van der Waals surface area (Å²) in [6.07, 6.45) is 4.44. The fraction of sp³-hybridized carbons (Fsp3) is 0.600. The van der Waals surface area contributed by atoms with Gasteiger partial charge in [0.1, 0.15) is 5.75 Å². The van der Waals surface area contributed by atoms with Crippen molar-refractivity contribution in [2.45, 2.75) is 38.5 Å². The van der Waals surface area contributed by atoms with E-state index >= 15 is 0 Å². The molecule has 0 amide bonds. The van der Waals surface area contributed by atoms with E-state index in [2.05, 4.69) is 49.7 Å². The first-order valence-electron chi connectivity index (χ1n) is 6.71. The van der Waals surface area contributed by atoms with E-state index in [0.29, 0.717) is 5.25 Å². The summed E-state index contributed by atoms with van der Waals surface area (Å²) in [4.78, 5) is 0. The first kappa shape index (κ1) is 15.4. The SMILES string of the molecule is CCCCOc1ccc(CNCC(C)SC)cc1. The van der Waals surface area contributed by atoms with E-state index in [4.69, 9.17) is 4.74 Å². The maximum absolute atomic E-state index is 5.64. The van der Waals surface area contributed by atoms with E-state index in [1.807, 2.05) is 11.8 Å². The summed E-state index contributed by atoms with van der Waals surface area (Å²) < 4.78 is 5.64. The minimum Gasteiger partial charge on any atom is -0.494 e. The van der Waals surface area contributed by atoms with Crippen molar-refractivity contribution < 1.29 is 4.74 Å². The summed E-state index contributed by atoms with van der Waals surface area (Å²) in [5.41, 5.74) is 1.31. The molecule has 1 aromatic rings. The Bertz CT molecular complexity index is 313. The third-order valence-corrected chi connectivity index (χ3v) is 3.82. The van der Waals surface area contributed by atoms with E-state index in [1.54, 1.807) is 0 Å². The summed E-state index contributed by atoms with van der Waals surface area (Å²) in [6.45, 7) is 7.21. The highest BCUT2D eigenvalue weighted by Crippen LogP contribution is 2.12. The van der Waals surface area contributed by atoms with Crippen LogP contribution >= 0.6 is 11.8 Å². The number of benzene rings is 1. The van der Waals surface area contributed by atoms with Crippen molar-refractivity contribution in [3.8, 4) is 5.75 Å². The van der Waals surface area contributed by atoms with Gasteiger partial charge < -0.3 is 10.1 Å². The van der Waals surface area contributed by atoms with Gasteiger partial charge in [0.15, 0.2) is 0 Å². The van der Waals surface area contributed by atoms with Crippen LogP contribution < -0.4 is 10.1 Å². The molecule has 1 N–H and O–H groups in total. The van der Waals surface area contributed by atoms with E-state index in [1.165, 1.54) is 12.0 Å². The largest absolute Gasteiger partial charge is 0.494 e. The van der Waals surface area contributed by atoms with Crippen molar-refractivity contribution in [1.29, 1.82) is 0 Å². The average Bonchev–Trinajstić information content (AvgIpc) is 2.40. The average molecular weight is 267 g/mol. The zero-order valence-electron chi connectivity index (χ0n) is 11.7. The summed E-state index contributed by atoms with van der Waals surface area (Å²) in [5.74, 6) is 0.977. The number of hydrogen-bond donors (Lipinski definition) is 1. The van der Waals surface area contributed by atoms with E-state index in [0.717, 1.165) is 31.9 Å². The van der Waals surface area contributed by atoms with Crippen LogP contribution in [-0.2, 0) is 6.54 Å². The first-order chi connectivity index (χ1) is 8.76. The molecule has 0 aliphatic heterocycles. The van der Waals surface area contributed by atoms with Crippen LogP contribution in [0.4, 0.5) is 0 Å². The zero-order chi connectivity index (χ0) is 13.2. The van der Waals surface area contributed by atoms with Gasteiger partial charge in [0, 0.05) is 18.3 Å². The standard InChI is InChI=1S/C15H25NOS/c1-4-5-10-17-15-8-6-14(7-9-15)12-16-11-13(2)18-3/h6-9,13,16H,4-5,10-12H2,1-3H3. The van der Waals surface area contributed by atoms with Gasteiger partial charge in [-0.1, -0.05) is 32.4 Å². The van der Waals surface area contributed by atoms with Crippen LogP contribution in [0.3, 0.4) is 0 Å². The summed E-state index contributed by atoms with van der Waals surface area (Å²) >= 11 is 1.89. The molecule has 1 aromatic carbocycles. The van der Waals surface area contributed by atoms with Crippen LogP contribution in [0.1, 0.15) is 32.3 Å². The lowest BCUT2D eigenvalue weighted by Gasteiger charge is -2.10. The Kier molecular flexibility index (Phi) is 7.94. The molecule has 0 bridgehead atoms. The van der Waals surface area contributed by atoms with E-state index in [-0.39, 0.29) is 0 Å². The number of ether oxygens (including phenoxy) is 1. The van der Waals surface area contributed by atoms with Gasteiger partial charge in [-0.05, 0) is 30.4 Å². The predicted molar refractivity (Wildman–Crippen MR) is 81.5 cm³/mol. The second-order valence-electron chi connectivity index (χ2n) is 4.52. The third kappa shape index (κ3) is 6.31. The van der Waals surface area contributed by atoms with Gasteiger partial charge in [0.2, 0.25) is 0 Å². The molecule has 3 heteroatoms. The topological polar surface area (TPSA) is 21.3 Å². The number of hydrogen-bond acceptors (Lipinski definition) is 3. The Morgan fingerprint density at radius 2 is 2.00 bits per heavy atom. The van der Waals surface area contributed by atoms with Crippen LogP contribution in [0.5, 0.6) is 5.75 Å². The number of thioether (sulfide) groups is 1. The molecule has 0 radical (unpaired) electrons. The van der Waals surface area contributed by atoms with Gasteiger partial charge >= 0.3 is 0 Å². The van der Waals surface area contributed by atoms with Gasteiger partial charge in [-0.15, -0.1) is 0 Å². The maximum Gasteiger partial charge on any atom is 0.119 e. The number of unbranched alkanes of at least 4 members (excludes halogenated alkanes) is 1. The molecule has 0 aliphatic rings. The fourth-order valence-corrected chi connectivity index (χ4v) is 1.83. The van der Waals surface area contributed by atoms with Crippen molar-refractivity contribution in [3.63, 3.8) is 0 Å². The molecule has 0 saturated carbocycles. The van der Waals surface area contributed by atoms with Gasteiger partial charge in [-0.2, -0.15) is 11.8 Å². The minimum absolute atomic E-state index is 0.668. The molecule has 2 nitrogen and oxygen atoms in total. The maximum atomic E-state index is 5.64. The Morgan fingerprint density at radius 3 is 2.61 bits per heavy atom. The Labute approximate surface area is 116 Å². The quantitative estimate of drug-likeness (QED) is 0.689. The number of rotatable bonds is 9. The molecule has 1 unspecified atom stereocenters. The smallest absolute Gasteiger partial charge is 0.119 e. The lowest BCUT2D eigenvalue weighted by molar-refractivity contribution is 0.309. The first-order valence-corrected chi connectivity index (χ1v) is 8.00. The second-order valence-corrected chi connectivity index (χ2v) is 5.80. The summed E-state index contributed by atoms with van der Waals surface area (Å²) in [5, 5.41) is 4.13. The summed E-state index contributed by atoms with van der Waals surface area (Å²) in [7, 11) is 0. The van der Waals surface area contributed by atoms with Crippen LogP contribution in [-0.4, -0.2) is 24.7 Å². The molecule has 0 aromatic heterocycles. The molecule has 18 heavy (non-hydrogen) atoms. The number of nitrogens with one attached hydrogen (secondary N) is 1. The third-order valence-electron chi connectivity index (χ3n) is 2.85. The van der Waals surface area contributed by atoms with Crippen molar-refractivity contribution in [3.05, 3.63) is 29.8 Å². The highest BCUT2D eigenvalue weighted by Gasteiger charge is 1.99. The van der Waals surface area contributed by atoms with Crippen LogP contribution in [0, 0.1) is 0 Å². The molecular formula is C15H25NOS. The Balaban J connectivity index is 2.27. The van der Waals surface area contributed by atoms with Crippen LogP contribution in [0.2, 0.25) is 0 Å². The minimum atomic E-state index is 0.668. The molecule has 0 spiro atoms. The Morgan fingerprint density at radius 1 is 1.28 bits per heavy atom. The molecule has 0 saturated heterocycles. The van der Waals surface area contributed by atoms with Crippen molar-refractivity contribution in [2.75, 3.05) is 19.4 Å². The van der Waals surface area contributed by atoms with Crippen molar-refractivity contribution in [1.82, 2.24) is 5.32 Å². The lowest BCUT2D eigenvalue weighted by atomic mass is 10.2. The zero-order valence-corrected chi connectivity index (χ0v) is 12.6. The van der Waals surface area contributed by atoms with E-state index in [9.17, 15) is 0 Å². The molecule has 1 rings (SSSR count). The van der Waals surface area contributed by atoms with Gasteiger partial charge in [-0.3, -0.25) is 0 Å². The predicted octanol–water partition coefficient (Wildman–Crippen LogP) is 3.71. The normalized spacial score (nSPS) is 12.4. The second kappa shape index (κ2) is 9.29. The molecule has 0 heterocycles. The van der Waals surface area contributed by atoms with Crippen molar-refractivity contribution in [2.24, 2.45) is 0 Å². The molecule has 1 atom stereocenters. The highest BCUT2D eigenvalue weighted by atomic mass is 32.2. The molecular weight excluding hydrogens is 242 g/mol. The molecule has 0 aliphatic carbocycles. The molecule has 102 valence electrons. The monoisotopic (exact) mass is 267 g/mol. The van der Waals surface area contributed by atoms with Gasteiger partial charge in [0.25, 0.3) is 0 Å². The lowest BCUT2D eigenvalue weighted by Crippen LogP contribution is -2.21. The highest BCUT2D eigenvalue weighted by molar-refractivity contribution is 7.99. The Hall–Kier alpha value is -0.670. The molecule has 0 fully saturated rings. The fourth-order valence-electron chi connectivity index (χ4n) is 1.54. The van der Waals surface area contributed by atoms with Crippen LogP contribution in [0.15, 0.2) is 24.3 Å². The van der Waals surface area contributed by atoms with Crippen LogP contribution in [0.25, 0.3) is 0 Å². The summed E-state index contributed by atoms with van der Waals surface area (Å²) in [6, 6.07) is 8.39. The van der Waals surface area contributed by atoms with Gasteiger partial charge in [0.05, 0.1) is 6.61 Å². The van der Waals surface area contributed by atoms with Crippen molar-refractivity contribution >= 4 is 11.8 Å². The van der Waals surface area contributed by atoms with E-state index < -0.39 is 0 Å².